The summed E-state index contributed by atoms with van der Waals surface area (Å²) in [6.07, 6.45) is -0.712. The molecule has 8 heteroatoms. The lowest BCUT2D eigenvalue weighted by Gasteiger charge is -2.26. The van der Waals surface area contributed by atoms with Gasteiger partial charge in [-0.25, -0.2) is 8.42 Å². The molecule has 0 aromatic heterocycles. The van der Waals surface area contributed by atoms with Crippen molar-refractivity contribution < 1.29 is 22.7 Å². The van der Waals surface area contributed by atoms with E-state index in [2.05, 4.69) is 19.2 Å². The molecule has 1 heterocycles. The van der Waals surface area contributed by atoms with Gasteiger partial charge in [0, 0.05) is 18.8 Å². The molecule has 1 aliphatic heterocycles. The highest BCUT2D eigenvalue weighted by Crippen LogP contribution is 2.28. The molecular weight excluding hydrogens is 416 g/mol. The number of sulfonamides is 1. The van der Waals surface area contributed by atoms with Crippen LogP contribution in [-0.2, 0) is 19.6 Å². The Kier molecular flexibility index (Phi) is 7.35. The van der Waals surface area contributed by atoms with Crippen molar-refractivity contribution in [3.8, 4) is 5.75 Å². The maximum absolute atomic E-state index is 12.7. The third kappa shape index (κ3) is 5.64. The molecule has 0 saturated carbocycles. The Labute approximate surface area is 184 Å². The third-order valence-corrected chi connectivity index (χ3v) is 7.11. The van der Waals surface area contributed by atoms with Gasteiger partial charge in [-0.2, -0.15) is 4.31 Å². The maximum Gasteiger partial charge on any atom is 0.265 e. The van der Waals surface area contributed by atoms with Crippen LogP contribution in [0.25, 0.3) is 0 Å². The van der Waals surface area contributed by atoms with Crippen molar-refractivity contribution in [1.29, 1.82) is 0 Å². The Morgan fingerprint density at radius 2 is 1.71 bits per heavy atom. The van der Waals surface area contributed by atoms with Crippen molar-refractivity contribution in [2.75, 3.05) is 31.6 Å². The van der Waals surface area contributed by atoms with Crippen LogP contribution in [0.4, 0.5) is 5.69 Å². The minimum absolute atomic E-state index is 0.193. The average molecular weight is 447 g/mol. The number of carbonyl (C=O) groups excluding carboxylic acids is 1. The normalized spacial score (nSPS) is 16.2. The number of anilines is 1. The number of ether oxygens (including phenoxy) is 2. The molecule has 1 saturated heterocycles. The van der Waals surface area contributed by atoms with Gasteiger partial charge < -0.3 is 14.8 Å². The van der Waals surface area contributed by atoms with Gasteiger partial charge in [-0.05, 0) is 61.2 Å². The fourth-order valence-corrected chi connectivity index (χ4v) is 4.76. The molecule has 2 aromatic rings. The summed E-state index contributed by atoms with van der Waals surface area (Å²) in [5.74, 6) is 0.663. The quantitative estimate of drug-likeness (QED) is 0.703. The zero-order chi connectivity index (χ0) is 22.6. The highest BCUT2D eigenvalue weighted by Gasteiger charge is 2.26. The van der Waals surface area contributed by atoms with E-state index in [1.807, 2.05) is 25.1 Å². The standard InChI is InChI=1S/C23H30N2O5S/c1-16(2)21-10-5-17(3)15-22(21)30-18(4)23(26)24-19-6-8-20(9-7-19)31(27,28)25-11-13-29-14-12-25/h5-10,15-16,18H,11-14H2,1-4H3,(H,24,26)/t18-/m1/s1. The van der Waals surface area contributed by atoms with Crippen LogP contribution >= 0.6 is 0 Å². The summed E-state index contributed by atoms with van der Waals surface area (Å²) >= 11 is 0. The molecule has 1 fully saturated rings. The molecule has 1 N–H and O–H groups in total. The molecule has 0 bridgehead atoms. The number of aryl methyl sites for hydroxylation is 1. The van der Waals surface area contributed by atoms with E-state index in [1.165, 1.54) is 16.4 Å². The second-order valence-electron chi connectivity index (χ2n) is 7.99. The van der Waals surface area contributed by atoms with Crippen LogP contribution in [0.3, 0.4) is 0 Å². The third-order valence-electron chi connectivity index (χ3n) is 5.19. The first kappa shape index (κ1) is 23.2. The summed E-state index contributed by atoms with van der Waals surface area (Å²) in [6, 6.07) is 12.2. The monoisotopic (exact) mass is 446 g/mol. The topological polar surface area (TPSA) is 84.9 Å². The minimum Gasteiger partial charge on any atom is -0.481 e. The number of nitrogens with one attached hydrogen (secondary N) is 1. The summed E-state index contributed by atoms with van der Waals surface area (Å²) < 4.78 is 38.0. The molecule has 7 nitrogen and oxygen atoms in total. The number of rotatable bonds is 7. The van der Waals surface area contributed by atoms with E-state index < -0.39 is 16.1 Å². The predicted octanol–water partition coefficient (Wildman–Crippen LogP) is 3.55. The number of benzene rings is 2. The van der Waals surface area contributed by atoms with E-state index in [9.17, 15) is 13.2 Å². The SMILES string of the molecule is Cc1ccc(C(C)C)c(O[C@H](C)C(=O)Nc2ccc(S(=O)(=O)N3CCOCC3)cc2)c1. The van der Waals surface area contributed by atoms with Gasteiger partial charge >= 0.3 is 0 Å². The van der Waals surface area contributed by atoms with Crippen LogP contribution in [-0.4, -0.2) is 51.0 Å². The fourth-order valence-electron chi connectivity index (χ4n) is 3.35. The number of amides is 1. The molecule has 3 rings (SSSR count). The van der Waals surface area contributed by atoms with E-state index in [0.717, 1.165) is 11.1 Å². The number of hydrogen-bond donors (Lipinski definition) is 1. The number of nitrogens with zero attached hydrogens (tertiary/aromatic N) is 1. The minimum atomic E-state index is -3.57. The zero-order valence-electron chi connectivity index (χ0n) is 18.4. The Morgan fingerprint density at radius 1 is 1.06 bits per heavy atom. The zero-order valence-corrected chi connectivity index (χ0v) is 19.2. The lowest BCUT2D eigenvalue weighted by molar-refractivity contribution is -0.122. The largest absolute Gasteiger partial charge is 0.481 e. The van der Waals surface area contributed by atoms with Gasteiger partial charge in [0.1, 0.15) is 5.75 Å². The van der Waals surface area contributed by atoms with E-state index in [1.54, 1.807) is 19.1 Å². The van der Waals surface area contributed by atoms with Gasteiger partial charge in [-0.15, -0.1) is 0 Å². The van der Waals surface area contributed by atoms with Crippen LogP contribution in [0.2, 0.25) is 0 Å². The number of hydrogen-bond acceptors (Lipinski definition) is 5. The molecule has 168 valence electrons. The van der Waals surface area contributed by atoms with E-state index >= 15 is 0 Å². The fraction of sp³-hybridized carbons (Fsp3) is 0.435. The van der Waals surface area contributed by atoms with E-state index in [0.29, 0.717) is 37.7 Å². The lowest BCUT2D eigenvalue weighted by Crippen LogP contribution is -2.40. The first-order valence-corrected chi connectivity index (χ1v) is 11.9. The first-order chi connectivity index (χ1) is 14.7. The van der Waals surface area contributed by atoms with Gasteiger partial charge in [0.2, 0.25) is 10.0 Å². The molecule has 0 spiro atoms. The summed E-state index contributed by atoms with van der Waals surface area (Å²) in [7, 11) is -3.57. The molecule has 0 unspecified atom stereocenters. The molecule has 1 amide bonds. The Morgan fingerprint density at radius 3 is 2.32 bits per heavy atom. The molecule has 0 aliphatic carbocycles. The van der Waals surface area contributed by atoms with Crippen molar-refractivity contribution >= 4 is 21.6 Å². The van der Waals surface area contributed by atoms with Crippen molar-refractivity contribution in [2.45, 2.75) is 44.6 Å². The van der Waals surface area contributed by atoms with E-state index in [-0.39, 0.29) is 16.7 Å². The van der Waals surface area contributed by atoms with Gasteiger partial charge in [-0.3, -0.25) is 4.79 Å². The Balaban J connectivity index is 1.66. The number of carbonyl (C=O) groups is 1. The van der Waals surface area contributed by atoms with E-state index in [4.69, 9.17) is 9.47 Å². The summed E-state index contributed by atoms with van der Waals surface area (Å²) in [5, 5.41) is 2.79. The molecule has 1 atom stereocenters. The summed E-state index contributed by atoms with van der Waals surface area (Å²) in [5.41, 5.74) is 2.61. The van der Waals surface area contributed by atoms with Crippen LogP contribution in [0.1, 0.15) is 37.8 Å². The molecular formula is C23H30N2O5S. The highest BCUT2D eigenvalue weighted by molar-refractivity contribution is 7.89. The lowest BCUT2D eigenvalue weighted by atomic mass is 10.0. The van der Waals surface area contributed by atoms with Crippen molar-refractivity contribution in [2.24, 2.45) is 0 Å². The molecule has 0 radical (unpaired) electrons. The second kappa shape index (κ2) is 9.80. The van der Waals surface area contributed by atoms with Crippen molar-refractivity contribution in [1.82, 2.24) is 4.31 Å². The summed E-state index contributed by atoms with van der Waals surface area (Å²) in [6.45, 7) is 9.30. The van der Waals surface area contributed by atoms with Gasteiger partial charge in [0.15, 0.2) is 6.10 Å². The Hall–Kier alpha value is -2.42. The first-order valence-electron chi connectivity index (χ1n) is 10.4. The Bertz CT molecular complexity index is 1010. The smallest absolute Gasteiger partial charge is 0.265 e. The second-order valence-corrected chi connectivity index (χ2v) is 9.92. The van der Waals surface area contributed by atoms with Crippen molar-refractivity contribution in [3.05, 3.63) is 53.6 Å². The average Bonchev–Trinajstić information content (AvgIpc) is 2.74. The molecule has 31 heavy (non-hydrogen) atoms. The van der Waals surface area contributed by atoms with Gasteiger partial charge in [-0.1, -0.05) is 26.0 Å². The molecule has 1 aliphatic rings. The van der Waals surface area contributed by atoms with Gasteiger partial charge in [0.05, 0.1) is 18.1 Å². The maximum atomic E-state index is 12.7. The molecule has 2 aromatic carbocycles. The van der Waals surface area contributed by atoms with Gasteiger partial charge in [0.25, 0.3) is 5.91 Å². The van der Waals surface area contributed by atoms with Crippen LogP contribution in [0.15, 0.2) is 47.4 Å². The summed E-state index contributed by atoms with van der Waals surface area (Å²) in [4.78, 5) is 12.8. The predicted molar refractivity (Wildman–Crippen MR) is 120 cm³/mol. The van der Waals surface area contributed by atoms with Crippen LogP contribution in [0, 0.1) is 6.92 Å². The van der Waals surface area contributed by atoms with Crippen LogP contribution < -0.4 is 10.1 Å². The number of morpholine rings is 1. The van der Waals surface area contributed by atoms with Crippen LogP contribution in [0.5, 0.6) is 5.75 Å². The highest BCUT2D eigenvalue weighted by atomic mass is 32.2. The van der Waals surface area contributed by atoms with Crippen molar-refractivity contribution in [3.63, 3.8) is 0 Å².